The minimum atomic E-state index is 0.559. The van der Waals surface area contributed by atoms with Crippen LogP contribution >= 0.6 is 0 Å². The summed E-state index contributed by atoms with van der Waals surface area (Å²) in [5, 5.41) is 7.92. The van der Waals surface area contributed by atoms with E-state index in [1.165, 1.54) is 16.9 Å². The highest BCUT2D eigenvalue weighted by Crippen LogP contribution is 2.24. The van der Waals surface area contributed by atoms with Crippen LogP contribution in [0.4, 0.5) is 5.69 Å². The molecule has 112 valence electrons. The highest BCUT2D eigenvalue weighted by molar-refractivity contribution is 5.54. The lowest BCUT2D eigenvalue weighted by Crippen LogP contribution is -2.38. The maximum absolute atomic E-state index is 4.26. The van der Waals surface area contributed by atoms with E-state index in [1.807, 2.05) is 17.9 Å². The standard InChI is InChI=1S/C17H24N4/c1-3-15-13-21(11-9-16-8-10-19-20(16)2)17-7-5-4-6-14(17)12-18-15/h4-8,10,15,18H,3,9,11-13H2,1-2H3. The van der Waals surface area contributed by atoms with E-state index in [9.17, 15) is 0 Å². The first kappa shape index (κ1) is 14.1. The van der Waals surface area contributed by atoms with Gasteiger partial charge in [0, 0.05) is 56.7 Å². The first-order valence-electron chi connectivity index (χ1n) is 7.81. The lowest BCUT2D eigenvalue weighted by Gasteiger charge is -2.27. The maximum Gasteiger partial charge on any atom is 0.0492 e. The van der Waals surface area contributed by atoms with Gasteiger partial charge in [0.1, 0.15) is 0 Å². The van der Waals surface area contributed by atoms with E-state index >= 15 is 0 Å². The summed E-state index contributed by atoms with van der Waals surface area (Å²) < 4.78 is 1.97. The van der Waals surface area contributed by atoms with Gasteiger partial charge in [-0.05, 0) is 24.1 Å². The first-order chi connectivity index (χ1) is 10.3. The van der Waals surface area contributed by atoms with Gasteiger partial charge < -0.3 is 10.2 Å². The van der Waals surface area contributed by atoms with Crippen molar-refractivity contribution in [2.75, 3.05) is 18.0 Å². The van der Waals surface area contributed by atoms with Gasteiger partial charge in [-0.1, -0.05) is 25.1 Å². The minimum absolute atomic E-state index is 0.559. The molecule has 0 saturated heterocycles. The topological polar surface area (TPSA) is 33.1 Å². The molecule has 0 radical (unpaired) electrons. The van der Waals surface area contributed by atoms with E-state index in [2.05, 4.69) is 52.6 Å². The van der Waals surface area contributed by atoms with Gasteiger partial charge in [0.2, 0.25) is 0 Å². The van der Waals surface area contributed by atoms with Crippen LogP contribution < -0.4 is 10.2 Å². The lowest BCUT2D eigenvalue weighted by atomic mass is 10.1. The molecule has 0 spiro atoms. The van der Waals surface area contributed by atoms with Crippen molar-refractivity contribution < 1.29 is 0 Å². The van der Waals surface area contributed by atoms with Crippen LogP contribution in [0, 0.1) is 0 Å². The largest absolute Gasteiger partial charge is 0.369 e. The molecule has 0 fully saturated rings. The van der Waals surface area contributed by atoms with Crippen LogP contribution in [0.5, 0.6) is 0 Å². The van der Waals surface area contributed by atoms with Crippen molar-refractivity contribution in [2.24, 2.45) is 7.05 Å². The number of rotatable bonds is 4. The molecule has 1 aromatic carbocycles. The van der Waals surface area contributed by atoms with E-state index in [4.69, 9.17) is 0 Å². The molecule has 0 amide bonds. The fourth-order valence-electron chi connectivity index (χ4n) is 3.03. The SMILES string of the molecule is CCC1CN(CCc2ccnn2C)c2ccccc2CN1. The number of anilines is 1. The van der Waals surface area contributed by atoms with Gasteiger partial charge in [-0.15, -0.1) is 0 Å². The van der Waals surface area contributed by atoms with Gasteiger partial charge in [-0.3, -0.25) is 4.68 Å². The fraction of sp³-hybridized carbons (Fsp3) is 0.471. The van der Waals surface area contributed by atoms with E-state index in [1.54, 1.807) is 0 Å². The summed E-state index contributed by atoms with van der Waals surface area (Å²) in [6.45, 7) is 5.34. The molecular formula is C17H24N4. The monoisotopic (exact) mass is 284 g/mol. The molecule has 1 aliphatic rings. The van der Waals surface area contributed by atoms with Gasteiger partial charge in [0.25, 0.3) is 0 Å². The van der Waals surface area contributed by atoms with E-state index in [-0.39, 0.29) is 0 Å². The quantitative estimate of drug-likeness (QED) is 0.935. The number of nitrogens with one attached hydrogen (secondary N) is 1. The van der Waals surface area contributed by atoms with Gasteiger partial charge in [0.05, 0.1) is 0 Å². The Morgan fingerprint density at radius 2 is 2.14 bits per heavy atom. The van der Waals surface area contributed by atoms with Gasteiger partial charge >= 0.3 is 0 Å². The predicted molar refractivity (Wildman–Crippen MR) is 86.5 cm³/mol. The number of nitrogens with zero attached hydrogens (tertiary/aromatic N) is 3. The summed E-state index contributed by atoms with van der Waals surface area (Å²) in [6, 6.07) is 11.4. The molecule has 4 nitrogen and oxygen atoms in total. The van der Waals surface area contributed by atoms with Crippen LogP contribution in [-0.4, -0.2) is 28.9 Å². The smallest absolute Gasteiger partial charge is 0.0492 e. The van der Waals surface area contributed by atoms with Crippen molar-refractivity contribution in [3.05, 3.63) is 47.8 Å². The van der Waals surface area contributed by atoms with Crippen molar-refractivity contribution >= 4 is 5.69 Å². The Balaban J connectivity index is 1.79. The fourth-order valence-corrected chi connectivity index (χ4v) is 3.03. The average molecular weight is 284 g/mol. The second kappa shape index (κ2) is 6.31. The average Bonchev–Trinajstić information content (AvgIpc) is 2.83. The summed E-state index contributed by atoms with van der Waals surface area (Å²) in [5.74, 6) is 0. The third-order valence-corrected chi connectivity index (χ3v) is 4.41. The van der Waals surface area contributed by atoms with Gasteiger partial charge in [-0.25, -0.2) is 0 Å². The third kappa shape index (κ3) is 3.10. The summed E-state index contributed by atoms with van der Waals surface area (Å²) >= 11 is 0. The Morgan fingerprint density at radius 3 is 2.90 bits per heavy atom. The molecule has 0 bridgehead atoms. The zero-order valence-corrected chi connectivity index (χ0v) is 12.9. The number of hydrogen-bond donors (Lipinski definition) is 1. The zero-order chi connectivity index (χ0) is 14.7. The van der Waals surface area contributed by atoms with Crippen molar-refractivity contribution in [3.63, 3.8) is 0 Å². The van der Waals surface area contributed by atoms with E-state index < -0.39 is 0 Å². The van der Waals surface area contributed by atoms with E-state index in [0.29, 0.717) is 6.04 Å². The number of para-hydroxylation sites is 1. The Bertz CT molecular complexity index is 590. The molecule has 21 heavy (non-hydrogen) atoms. The van der Waals surface area contributed by atoms with Crippen molar-refractivity contribution in [3.8, 4) is 0 Å². The highest BCUT2D eigenvalue weighted by atomic mass is 15.3. The Morgan fingerprint density at radius 1 is 1.29 bits per heavy atom. The van der Waals surface area contributed by atoms with E-state index in [0.717, 1.165) is 32.5 Å². The molecule has 2 heterocycles. The maximum atomic E-state index is 4.26. The number of benzene rings is 1. The highest BCUT2D eigenvalue weighted by Gasteiger charge is 2.20. The van der Waals surface area contributed by atoms with Crippen LogP contribution in [0.3, 0.4) is 0 Å². The molecule has 0 saturated carbocycles. The van der Waals surface area contributed by atoms with Gasteiger partial charge in [0.15, 0.2) is 0 Å². The lowest BCUT2D eigenvalue weighted by molar-refractivity contribution is 0.502. The van der Waals surface area contributed by atoms with Crippen LogP contribution in [0.1, 0.15) is 24.6 Å². The Kier molecular flexibility index (Phi) is 4.25. The molecule has 0 aliphatic carbocycles. The molecule has 1 N–H and O–H groups in total. The predicted octanol–water partition coefficient (Wildman–Crippen LogP) is 2.35. The van der Waals surface area contributed by atoms with Crippen LogP contribution in [0.2, 0.25) is 0 Å². The Labute approximate surface area is 126 Å². The Hall–Kier alpha value is -1.81. The van der Waals surface area contributed by atoms with Crippen LogP contribution in [0.15, 0.2) is 36.5 Å². The number of aryl methyl sites for hydroxylation is 1. The first-order valence-corrected chi connectivity index (χ1v) is 7.81. The normalized spacial score (nSPS) is 18.4. The number of hydrogen-bond acceptors (Lipinski definition) is 3. The summed E-state index contributed by atoms with van der Waals surface area (Å²) in [4.78, 5) is 2.52. The van der Waals surface area contributed by atoms with Crippen molar-refractivity contribution in [2.45, 2.75) is 32.4 Å². The third-order valence-electron chi connectivity index (χ3n) is 4.41. The summed E-state index contributed by atoms with van der Waals surface area (Å²) in [6.07, 6.45) is 4.07. The molecule has 1 aliphatic heterocycles. The molecule has 1 aromatic heterocycles. The molecule has 1 atom stereocenters. The van der Waals surface area contributed by atoms with Crippen molar-refractivity contribution in [1.82, 2.24) is 15.1 Å². The summed E-state index contributed by atoms with van der Waals surface area (Å²) in [7, 11) is 2.02. The second-order valence-electron chi connectivity index (χ2n) is 5.76. The number of aromatic nitrogens is 2. The molecule has 1 unspecified atom stereocenters. The minimum Gasteiger partial charge on any atom is -0.369 e. The van der Waals surface area contributed by atoms with Crippen LogP contribution in [-0.2, 0) is 20.0 Å². The molecular weight excluding hydrogens is 260 g/mol. The zero-order valence-electron chi connectivity index (χ0n) is 12.9. The molecule has 3 rings (SSSR count). The van der Waals surface area contributed by atoms with Gasteiger partial charge in [-0.2, -0.15) is 5.10 Å². The van der Waals surface area contributed by atoms with Crippen LogP contribution in [0.25, 0.3) is 0 Å². The second-order valence-corrected chi connectivity index (χ2v) is 5.76. The summed E-state index contributed by atoms with van der Waals surface area (Å²) in [5.41, 5.74) is 4.07. The van der Waals surface area contributed by atoms with Crippen molar-refractivity contribution in [1.29, 1.82) is 0 Å². The molecule has 4 heteroatoms. The number of fused-ring (bicyclic) bond motifs is 1. The molecule has 2 aromatic rings.